The highest BCUT2D eigenvalue weighted by Gasteiger charge is 2.16. The second-order valence-corrected chi connectivity index (χ2v) is 5.99. The first-order chi connectivity index (χ1) is 9.60. The van der Waals surface area contributed by atoms with Gasteiger partial charge in [-0.05, 0) is 32.0 Å². The normalized spacial score (nSPS) is 10.3. The zero-order valence-electron chi connectivity index (χ0n) is 11.2. The summed E-state index contributed by atoms with van der Waals surface area (Å²) in [5.41, 5.74) is 0.682. The average molecular weight is 356 g/mol. The van der Waals surface area contributed by atoms with Gasteiger partial charge in [-0.25, -0.2) is 9.78 Å². The number of esters is 1. The van der Waals surface area contributed by atoms with Crippen LogP contribution in [0.25, 0.3) is 0 Å². The molecule has 106 valence electrons. The number of hydrogen-bond acceptors (Lipinski definition) is 5. The molecule has 0 aliphatic carbocycles. The lowest BCUT2D eigenvalue weighted by atomic mass is 10.3. The highest BCUT2D eigenvalue weighted by Crippen LogP contribution is 2.22. The Bertz CT molecular complexity index is 612. The van der Waals surface area contributed by atoms with E-state index in [9.17, 15) is 4.79 Å². The van der Waals surface area contributed by atoms with Crippen LogP contribution in [0.2, 0.25) is 0 Å². The second kappa shape index (κ2) is 6.85. The highest BCUT2D eigenvalue weighted by atomic mass is 79.9. The summed E-state index contributed by atoms with van der Waals surface area (Å²) < 4.78 is 11.6. The Morgan fingerprint density at radius 3 is 2.95 bits per heavy atom. The van der Waals surface area contributed by atoms with E-state index in [1.165, 1.54) is 11.3 Å². The van der Waals surface area contributed by atoms with Crippen molar-refractivity contribution < 1.29 is 14.3 Å². The molecule has 0 atom stereocenters. The van der Waals surface area contributed by atoms with Gasteiger partial charge in [0.15, 0.2) is 0 Å². The van der Waals surface area contributed by atoms with E-state index >= 15 is 0 Å². The fourth-order valence-electron chi connectivity index (χ4n) is 1.60. The van der Waals surface area contributed by atoms with Gasteiger partial charge in [0.2, 0.25) is 0 Å². The highest BCUT2D eigenvalue weighted by molar-refractivity contribution is 9.10. The number of thiazole rings is 1. The monoisotopic (exact) mass is 355 g/mol. The lowest BCUT2D eigenvalue weighted by molar-refractivity contribution is 0.0531. The molecular formula is C14H14BrNO3S. The lowest BCUT2D eigenvalue weighted by Crippen LogP contribution is -2.03. The summed E-state index contributed by atoms with van der Waals surface area (Å²) in [5, 5.41) is 0.755. The Labute approximate surface area is 129 Å². The molecule has 20 heavy (non-hydrogen) atoms. The molecule has 0 bridgehead atoms. The van der Waals surface area contributed by atoms with Gasteiger partial charge in [0.25, 0.3) is 0 Å². The first-order valence-electron chi connectivity index (χ1n) is 6.12. The van der Waals surface area contributed by atoms with Gasteiger partial charge in [0, 0.05) is 4.47 Å². The molecule has 0 aliphatic rings. The third-order valence-electron chi connectivity index (χ3n) is 2.46. The summed E-state index contributed by atoms with van der Waals surface area (Å²) in [4.78, 5) is 16.6. The number of benzene rings is 1. The van der Waals surface area contributed by atoms with Gasteiger partial charge < -0.3 is 9.47 Å². The predicted molar refractivity (Wildman–Crippen MR) is 81.3 cm³/mol. The number of aryl methyl sites for hydroxylation is 1. The summed E-state index contributed by atoms with van der Waals surface area (Å²) in [6.45, 7) is 4.28. The minimum Gasteiger partial charge on any atom is -0.486 e. The molecule has 6 heteroatoms. The maximum atomic E-state index is 11.7. The van der Waals surface area contributed by atoms with E-state index in [1.54, 1.807) is 13.8 Å². The largest absolute Gasteiger partial charge is 0.486 e. The number of hydrogen-bond donors (Lipinski definition) is 0. The van der Waals surface area contributed by atoms with Gasteiger partial charge in [-0.3, -0.25) is 0 Å². The molecule has 0 fully saturated rings. The van der Waals surface area contributed by atoms with Gasteiger partial charge in [0.1, 0.15) is 22.2 Å². The minimum absolute atomic E-state index is 0.323. The number of rotatable bonds is 5. The van der Waals surface area contributed by atoms with Gasteiger partial charge in [0.05, 0.1) is 12.3 Å². The number of aromatic nitrogens is 1. The molecule has 0 amide bonds. The predicted octanol–water partition coefficient (Wildman–Crippen LogP) is 3.97. The van der Waals surface area contributed by atoms with Gasteiger partial charge in [-0.15, -0.1) is 11.3 Å². The molecule has 1 aromatic heterocycles. The Hall–Kier alpha value is -1.40. The van der Waals surface area contributed by atoms with Crippen LogP contribution in [0.5, 0.6) is 5.75 Å². The molecule has 0 spiro atoms. The quantitative estimate of drug-likeness (QED) is 0.761. The van der Waals surface area contributed by atoms with E-state index in [0.29, 0.717) is 23.8 Å². The molecule has 1 aromatic carbocycles. The molecule has 2 rings (SSSR count). The standard InChI is InChI=1S/C14H14BrNO3S/c1-3-18-14(17)13-9(2)16-12(20-13)8-19-11-6-4-5-10(15)7-11/h4-7H,3,8H2,1-2H3. The van der Waals surface area contributed by atoms with Gasteiger partial charge >= 0.3 is 5.97 Å². The van der Waals surface area contributed by atoms with Crippen molar-refractivity contribution in [3.8, 4) is 5.75 Å². The van der Waals surface area contributed by atoms with Crippen LogP contribution in [-0.4, -0.2) is 17.6 Å². The molecule has 2 aromatic rings. The van der Waals surface area contributed by atoms with Crippen LogP contribution in [-0.2, 0) is 11.3 Å². The molecule has 1 heterocycles. The summed E-state index contributed by atoms with van der Waals surface area (Å²) in [6, 6.07) is 7.58. The van der Waals surface area contributed by atoms with Crippen LogP contribution in [0.1, 0.15) is 27.3 Å². The van der Waals surface area contributed by atoms with Crippen LogP contribution in [0, 0.1) is 6.92 Å². The number of carbonyl (C=O) groups is 1. The minimum atomic E-state index is -0.323. The molecule has 0 saturated heterocycles. The number of carbonyl (C=O) groups excluding carboxylic acids is 1. The molecule has 0 unspecified atom stereocenters. The SMILES string of the molecule is CCOC(=O)c1sc(COc2cccc(Br)c2)nc1C. The smallest absolute Gasteiger partial charge is 0.350 e. The Morgan fingerprint density at radius 1 is 1.45 bits per heavy atom. The van der Waals surface area contributed by atoms with Crippen molar-refractivity contribution in [1.29, 1.82) is 0 Å². The topological polar surface area (TPSA) is 48.4 Å². The van der Waals surface area contributed by atoms with Crippen LogP contribution >= 0.6 is 27.3 Å². The van der Waals surface area contributed by atoms with Crippen LogP contribution in [0.15, 0.2) is 28.7 Å². The van der Waals surface area contributed by atoms with Crippen LogP contribution in [0.4, 0.5) is 0 Å². The average Bonchev–Trinajstić information content (AvgIpc) is 2.78. The van der Waals surface area contributed by atoms with E-state index in [2.05, 4.69) is 20.9 Å². The van der Waals surface area contributed by atoms with Crippen LogP contribution in [0.3, 0.4) is 0 Å². The first kappa shape index (κ1) is 15.0. The fourth-order valence-corrected chi connectivity index (χ4v) is 2.85. The van der Waals surface area contributed by atoms with Crippen molar-refractivity contribution in [3.05, 3.63) is 44.3 Å². The zero-order valence-corrected chi connectivity index (χ0v) is 13.6. The molecule has 0 N–H and O–H groups in total. The van der Waals surface area contributed by atoms with Gasteiger partial charge in [-0.2, -0.15) is 0 Å². The third kappa shape index (κ3) is 3.80. The molecule has 0 radical (unpaired) electrons. The first-order valence-corrected chi connectivity index (χ1v) is 7.73. The van der Waals surface area contributed by atoms with E-state index in [4.69, 9.17) is 9.47 Å². The van der Waals surface area contributed by atoms with Crippen molar-refractivity contribution in [3.63, 3.8) is 0 Å². The number of nitrogens with zero attached hydrogens (tertiary/aromatic N) is 1. The fraction of sp³-hybridized carbons (Fsp3) is 0.286. The third-order valence-corrected chi connectivity index (χ3v) is 4.06. The van der Waals surface area contributed by atoms with Crippen molar-refractivity contribution in [2.45, 2.75) is 20.5 Å². The van der Waals surface area contributed by atoms with E-state index in [1.807, 2.05) is 24.3 Å². The molecule has 4 nitrogen and oxygen atoms in total. The maximum absolute atomic E-state index is 11.7. The van der Waals surface area contributed by atoms with Crippen molar-refractivity contribution >= 4 is 33.2 Å². The summed E-state index contributed by atoms with van der Waals surface area (Å²) in [6.07, 6.45) is 0. The van der Waals surface area contributed by atoms with Gasteiger partial charge in [-0.1, -0.05) is 22.0 Å². The second-order valence-electron chi connectivity index (χ2n) is 3.99. The van der Waals surface area contributed by atoms with E-state index < -0.39 is 0 Å². The molecule has 0 saturated carbocycles. The van der Waals surface area contributed by atoms with Crippen molar-refractivity contribution in [2.75, 3.05) is 6.61 Å². The number of halogens is 1. The summed E-state index contributed by atoms with van der Waals surface area (Å²) in [5.74, 6) is 0.432. The molecular weight excluding hydrogens is 342 g/mol. The Kier molecular flexibility index (Phi) is 5.14. The van der Waals surface area contributed by atoms with Crippen molar-refractivity contribution in [1.82, 2.24) is 4.98 Å². The van der Waals surface area contributed by atoms with Crippen LogP contribution < -0.4 is 4.74 Å². The maximum Gasteiger partial charge on any atom is 0.350 e. The number of ether oxygens (including phenoxy) is 2. The van der Waals surface area contributed by atoms with E-state index in [-0.39, 0.29) is 5.97 Å². The Balaban J connectivity index is 2.04. The zero-order chi connectivity index (χ0) is 14.5. The summed E-state index contributed by atoms with van der Waals surface area (Å²) >= 11 is 4.69. The van der Waals surface area contributed by atoms with E-state index in [0.717, 1.165) is 15.2 Å². The Morgan fingerprint density at radius 2 is 2.25 bits per heavy atom. The van der Waals surface area contributed by atoms with Crippen molar-refractivity contribution in [2.24, 2.45) is 0 Å². The molecule has 0 aliphatic heterocycles. The summed E-state index contributed by atoms with van der Waals surface area (Å²) in [7, 11) is 0. The lowest BCUT2D eigenvalue weighted by Gasteiger charge is -2.03.